The first-order valence-electron chi connectivity index (χ1n) is 11.0. The number of carbonyl (C=O) groups is 1. The van der Waals surface area contributed by atoms with E-state index < -0.39 is 0 Å². The van der Waals surface area contributed by atoms with Gasteiger partial charge < -0.3 is 14.5 Å². The van der Waals surface area contributed by atoms with E-state index >= 15 is 0 Å². The summed E-state index contributed by atoms with van der Waals surface area (Å²) in [5.41, 5.74) is 2.73. The topological polar surface area (TPSA) is 54.7 Å². The summed E-state index contributed by atoms with van der Waals surface area (Å²) in [6.07, 6.45) is 2.68. The maximum Gasteiger partial charge on any atom is 0.258 e. The molecule has 1 unspecified atom stereocenters. The number of furan rings is 1. The standard InChI is InChI=1S/C27H26N2O3/c30-27(19-32-24-12-11-20-6-1-3-8-22(20)16-24)28-17-25(26-10-5-15-31-26)29-14-13-21-7-2-4-9-23(21)18-29/h1-12,15-16,25H,13-14,17-19H2,(H,28,30). The van der Waals surface area contributed by atoms with Gasteiger partial charge in [-0.3, -0.25) is 9.69 Å². The van der Waals surface area contributed by atoms with Gasteiger partial charge >= 0.3 is 0 Å². The van der Waals surface area contributed by atoms with Gasteiger partial charge in [-0.15, -0.1) is 0 Å². The third-order valence-electron chi connectivity index (χ3n) is 6.06. The largest absolute Gasteiger partial charge is 0.484 e. The number of ether oxygens (including phenoxy) is 1. The van der Waals surface area contributed by atoms with E-state index in [0.717, 1.165) is 36.0 Å². The normalized spacial score (nSPS) is 14.6. The van der Waals surface area contributed by atoms with Crippen LogP contribution in [0.15, 0.2) is 89.5 Å². The first-order chi connectivity index (χ1) is 15.8. The van der Waals surface area contributed by atoms with Gasteiger partial charge in [0.2, 0.25) is 0 Å². The fourth-order valence-electron chi connectivity index (χ4n) is 4.34. The Balaban J connectivity index is 1.21. The maximum absolute atomic E-state index is 12.5. The van der Waals surface area contributed by atoms with Crippen molar-refractivity contribution < 1.29 is 13.9 Å². The molecule has 0 fully saturated rings. The van der Waals surface area contributed by atoms with Crippen LogP contribution in [-0.2, 0) is 17.8 Å². The average Bonchev–Trinajstić information content (AvgIpc) is 3.37. The molecule has 1 aliphatic heterocycles. The fraction of sp³-hybridized carbons (Fsp3) is 0.222. The van der Waals surface area contributed by atoms with Gasteiger partial charge in [-0.25, -0.2) is 0 Å². The number of carbonyl (C=O) groups excluding carboxylic acids is 1. The summed E-state index contributed by atoms with van der Waals surface area (Å²) in [4.78, 5) is 14.9. The molecule has 5 heteroatoms. The van der Waals surface area contributed by atoms with Crippen molar-refractivity contribution in [3.63, 3.8) is 0 Å². The van der Waals surface area contributed by atoms with E-state index in [2.05, 4.69) is 40.5 Å². The first-order valence-corrected chi connectivity index (χ1v) is 11.0. The lowest BCUT2D eigenvalue weighted by Crippen LogP contribution is -2.41. The van der Waals surface area contributed by atoms with E-state index in [0.29, 0.717) is 12.3 Å². The van der Waals surface area contributed by atoms with Crippen molar-refractivity contribution in [3.05, 3.63) is 102 Å². The molecule has 0 saturated heterocycles. The molecule has 3 aromatic carbocycles. The van der Waals surface area contributed by atoms with Crippen molar-refractivity contribution in [2.45, 2.75) is 19.0 Å². The average molecular weight is 427 g/mol. The smallest absolute Gasteiger partial charge is 0.258 e. The van der Waals surface area contributed by atoms with Crippen LogP contribution >= 0.6 is 0 Å². The van der Waals surface area contributed by atoms with Gasteiger partial charge in [0.15, 0.2) is 6.61 Å². The fourth-order valence-corrected chi connectivity index (χ4v) is 4.34. The van der Waals surface area contributed by atoms with Crippen molar-refractivity contribution in [2.24, 2.45) is 0 Å². The summed E-state index contributed by atoms with van der Waals surface area (Å²) in [5.74, 6) is 1.40. The van der Waals surface area contributed by atoms with E-state index in [4.69, 9.17) is 9.15 Å². The Hall–Kier alpha value is -3.57. The van der Waals surface area contributed by atoms with Crippen molar-refractivity contribution in [1.82, 2.24) is 10.2 Å². The van der Waals surface area contributed by atoms with Crippen LogP contribution in [0.2, 0.25) is 0 Å². The van der Waals surface area contributed by atoms with Gasteiger partial charge in [0, 0.05) is 19.6 Å². The molecule has 1 aliphatic rings. The molecule has 0 radical (unpaired) electrons. The molecule has 5 rings (SSSR count). The molecule has 0 aliphatic carbocycles. The second-order valence-electron chi connectivity index (χ2n) is 8.12. The van der Waals surface area contributed by atoms with Crippen LogP contribution in [0.1, 0.15) is 22.9 Å². The van der Waals surface area contributed by atoms with Crippen LogP contribution < -0.4 is 10.1 Å². The van der Waals surface area contributed by atoms with Gasteiger partial charge in [-0.2, -0.15) is 0 Å². The van der Waals surface area contributed by atoms with Crippen LogP contribution in [0.25, 0.3) is 10.8 Å². The monoisotopic (exact) mass is 426 g/mol. The van der Waals surface area contributed by atoms with Crippen LogP contribution in [0, 0.1) is 0 Å². The molecule has 1 N–H and O–H groups in total. The van der Waals surface area contributed by atoms with Crippen LogP contribution in [0.4, 0.5) is 0 Å². The highest BCUT2D eigenvalue weighted by molar-refractivity contribution is 5.84. The Labute approximate surface area is 187 Å². The highest BCUT2D eigenvalue weighted by Crippen LogP contribution is 2.28. The molecule has 0 bridgehead atoms. The van der Waals surface area contributed by atoms with Crippen LogP contribution in [0.5, 0.6) is 5.75 Å². The minimum absolute atomic E-state index is 0.0218. The Bertz CT molecular complexity index is 1200. The summed E-state index contributed by atoms with van der Waals surface area (Å²) in [5, 5.41) is 5.27. The molecule has 32 heavy (non-hydrogen) atoms. The summed E-state index contributed by atoms with van der Waals surface area (Å²) in [6, 6.07) is 26.3. The molecule has 4 aromatic rings. The molecule has 162 valence electrons. The molecule has 1 aromatic heterocycles. The number of nitrogens with zero attached hydrogens (tertiary/aromatic N) is 1. The predicted octanol–water partition coefficient (Wildman–Crippen LogP) is 4.73. The number of fused-ring (bicyclic) bond motifs is 2. The number of amides is 1. The van der Waals surface area contributed by atoms with Crippen LogP contribution in [0.3, 0.4) is 0 Å². The minimum Gasteiger partial charge on any atom is -0.484 e. The third kappa shape index (κ3) is 4.53. The number of hydrogen-bond donors (Lipinski definition) is 1. The molecule has 1 amide bonds. The van der Waals surface area contributed by atoms with Crippen molar-refractivity contribution >= 4 is 16.7 Å². The van der Waals surface area contributed by atoms with E-state index in [-0.39, 0.29) is 18.6 Å². The van der Waals surface area contributed by atoms with Crippen LogP contribution in [-0.4, -0.2) is 30.5 Å². The SMILES string of the molecule is O=C(COc1ccc2ccccc2c1)NCC(c1ccco1)N1CCc2ccccc2C1. The molecule has 5 nitrogen and oxygen atoms in total. The lowest BCUT2D eigenvalue weighted by Gasteiger charge is -2.34. The number of benzene rings is 3. The van der Waals surface area contributed by atoms with E-state index in [1.165, 1.54) is 11.1 Å². The zero-order chi connectivity index (χ0) is 21.8. The van der Waals surface area contributed by atoms with Crippen molar-refractivity contribution in [1.29, 1.82) is 0 Å². The second-order valence-corrected chi connectivity index (χ2v) is 8.12. The quantitative estimate of drug-likeness (QED) is 0.464. The van der Waals surface area contributed by atoms with Crippen molar-refractivity contribution in [3.8, 4) is 5.75 Å². The Kier molecular flexibility index (Phi) is 5.90. The van der Waals surface area contributed by atoms with Gasteiger partial charge in [-0.1, -0.05) is 54.6 Å². The number of nitrogens with one attached hydrogen (secondary N) is 1. The number of rotatable bonds is 7. The molecule has 0 saturated carbocycles. The zero-order valence-electron chi connectivity index (χ0n) is 17.9. The Morgan fingerprint density at radius 1 is 0.969 bits per heavy atom. The molecular weight excluding hydrogens is 400 g/mol. The van der Waals surface area contributed by atoms with Gasteiger partial charge in [-0.05, 0) is 52.6 Å². The zero-order valence-corrected chi connectivity index (χ0v) is 17.9. The van der Waals surface area contributed by atoms with Gasteiger partial charge in [0.25, 0.3) is 5.91 Å². The lowest BCUT2D eigenvalue weighted by atomic mass is 9.98. The van der Waals surface area contributed by atoms with E-state index in [9.17, 15) is 4.79 Å². The lowest BCUT2D eigenvalue weighted by molar-refractivity contribution is -0.123. The third-order valence-corrected chi connectivity index (χ3v) is 6.06. The minimum atomic E-state index is -0.146. The van der Waals surface area contributed by atoms with E-state index in [1.54, 1.807) is 6.26 Å². The summed E-state index contributed by atoms with van der Waals surface area (Å²) in [6.45, 7) is 2.21. The van der Waals surface area contributed by atoms with Crippen molar-refractivity contribution in [2.75, 3.05) is 19.7 Å². The van der Waals surface area contributed by atoms with Gasteiger partial charge in [0.1, 0.15) is 11.5 Å². The van der Waals surface area contributed by atoms with Gasteiger partial charge in [0.05, 0.1) is 12.3 Å². The summed E-state index contributed by atoms with van der Waals surface area (Å²) in [7, 11) is 0. The number of hydrogen-bond acceptors (Lipinski definition) is 4. The Morgan fingerprint density at radius 2 is 1.78 bits per heavy atom. The Morgan fingerprint density at radius 3 is 2.62 bits per heavy atom. The molecule has 0 spiro atoms. The van der Waals surface area contributed by atoms with E-state index in [1.807, 2.05) is 48.5 Å². The molecular formula is C27H26N2O3. The summed E-state index contributed by atoms with van der Waals surface area (Å²) >= 11 is 0. The second kappa shape index (κ2) is 9.28. The maximum atomic E-state index is 12.5. The highest BCUT2D eigenvalue weighted by Gasteiger charge is 2.27. The molecule has 1 atom stereocenters. The predicted molar refractivity (Wildman–Crippen MR) is 124 cm³/mol. The first kappa shape index (κ1) is 20.3. The highest BCUT2D eigenvalue weighted by atomic mass is 16.5. The molecule has 2 heterocycles. The summed E-state index contributed by atoms with van der Waals surface area (Å²) < 4.78 is 11.5.